The number of nitrogens with zero attached hydrogens (tertiary/aromatic N) is 3. The topological polar surface area (TPSA) is 56.6 Å². The van der Waals surface area contributed by atoms with Gasteiger partial charge in [0.25, 0.3) is 5.91 Å². The molecule has 1 aromatic heterocycles. The third-order valence-corrected chi connectivity index (χ3v) is 4.06. The molecular weight excluding hydrogens is 246 g/mol. The highest BCUT2D eigenvalue weighted by atomic mass is 16.5. The molecule has 19 heavy (non-hydrogen) atoms. The Bertz CT molecular complexity index is 478. The summed E-state index contributed by atoms with van der Waals surface area (Å²) in [5.74, 6) is 0.719. The second-order valence-corrected chi connectivity index (χ2v) is 5.46. The maximum Gasteiger partial charge on any atom is 0.274 e. The van der Waals surface area contributed by atoms with Crippen LogP contribution in [0.15, 0.2) is 6.07 Å². The molecule has 0 radical (unpaired) electrons. The molecule has 3 aliphatic rings. The van der Waals surface area contributed by atoms with Gasteiger partial charge in [0.15, 0.2) is 5.69 Å². The lowest BCUT2D eigenvalue weighted by molar-refractivity contribution is -0.0305. The fourth-order valence-electron chi connectivity index (χ4n) is 3.11. The van der Waals surface area contributed by atoms with Crippen LogP contribution in [0.1, 0.15) is 29.8 Å². The number of rotatable bonds is 1. The third-order valence-electron chi connectivity index (χ3n) is 4.06. The summed E-state index contributed by atoms with van der Waals surface area (Å²) in [6, 6.07) is 1.76. The summed E-state index contributed by atoms with van der Waals surface area (Å²) in [6.45, 7) is 2.93. The highest BCUT2D eigenvalue weighted by molar-refractivity contribution is 5.92. The zero-order chi connectivity index (χ0) is 12.8. The molecule has 4 rings (SSSR count). The van der Waals surface area contributed by atoms with Crippen molar-refractivity contribution in [2.45, 2.75) is 38.0 Å². The molecule has 0 aliphatic carbocycles. The Morgan fingerprint density at radius 2 is 2.11 bits per heavy atom. The summed E-state index contributed by atoms with van der Waals surface area (Å²) in [7, 11) is 0. The summed E-state index contributed by atoms with van der Waals surface area (Å²) in [6.07, 6.45) is 3.52. The minimum absolute atomic E-state index is 0.00528. The molecule has 2 bridgehead atoms. The van der Waals surface area contributed by atoms with Crippen molar-refractivity contribution < 1.29 is 14.3 Å². The number of aryl methyl sites for hydroxylation is 1. The predicted octanol–water partition coefficient (Wildman–Crippen LogP) is 0.669. The van der Waals surface area contributed by atoms with Gasteiger partial charge in [-0.15, -0.1) is 0 Å². The molecular formula is C13H17N3O3. The molecule has 0 saturated carbocycles. The van der Waals surface area contributed by atoms with Gasteiger partial charge < -0.3 is 14.4 Å². The van der Waals surface area contributed by atoms with Crippen molar-refractivity contribution >= 4 is 5.91 Å². The number of likely N-dealkylation sites (tertiary alicyclic amines) is 1. The zero-order valence-corrected chi connectivity index (χ0v) is 10.7. The first-order chi connectivity index (χ1) is 9.29. The lowest BCUT2D eigenvalue weighted by Crippen LogP contribution is -2.45. The van der Waals surface area contributed by atoms with Gasteiger partial charge in [0.2, 0.25) is 5.88 Å². The van der Waals surface area contributed by atoms with Crippen LogP contribution in [0, 0.1) is 0 Å². The van der Waals surface area contributed by atoms with E-state index < -0.39 is 0 Å². The number of ether oxygens (including phenoxy) is 2. The Morgan fingerprint density at radius 1 is 1.32 bits per heavy atom. The first-order valence-electron chi connectivity index (χ1n) is 6.95. The zero-order valence-electron chi connectivity index (χ0n) is 10.7. The molecule has 1 amide bonds. The molecule has 2 saturated heterocycles. The van der Waals surface area contributed by atoms with E-state index in [4.69, 9.17) is 9.47 Å². The van der Waals surface area contributed by atoms with E-state index in [0.717, 1.165) is 25.8 Å². The summed E-state index contributed by atoms with van der Waals surface area (Å²) in [5, 5.41) is 4.36. The van der Waals surface area contributed by atoms with Gasteiger partial charge in [0, 0.05) is 32.1 Å². The van der Waals surface area contributed by atoms with Gasteiger partial charge in [-0.1, -0.05) is 0 Å². The van der Waals surface area contributed by atoms with Crippen molar-refractivity contribution in [3.63, 3.8) is 0 Å². The van der Waals surface area contributed by atoms with Crippen LogP contribution in [0.3, 0.4) is 0 Å². The van der Waals surface area contributed by atoms with Crippen LogP contribution in [0.25, 0.3) is 0 Å². The van der Waals surface area contributed by atoms with Gasteiger partial charge in [0.1, 0.15) is 0 Å². The molecule has 4 heterocycles. The number of hydrogen-bond acceptors (Lipinski definition) is 4. The van der Waals surface area contributed by atoms with Gasteiger partial charge in [-0.2, -0.15) is 5.10 Å². The molecule has 6 nitrogen and oxygen atoms in total. The maximum absolute atomic E-state index is 12.5. The SMILES string of the molecule is O=C(c1cc2n(n1)CCCO2)N1CC2CCC(C1)O2. The Labute approximate surface area is 111 Å². The van der Waals surface area contributed by atoms with Crippen LogP contribution in [0.5, 0.6) is 5.88 Å². The normalized spacial score (nSPS) is 28.9. The number of carbonyl (C=O) groups is 1. The van der Waals surface area contributed by atoms with Crippen LogP contribution in [0.4, 0.5) is 0 Å². The highest BCUT2D eigenvalue weighted by Crippen LogP contribution is 2.27. The van der Waals surface area contributed by atoms with Gasteiger partial charge in [0.05, 0.1) is 18.8 Å². The minimum atomic E-state index is 0.00528. The van der Waals surface area contributed by atoms with E-state index in [-0.39, 0.29) is 18.1 Å². The van der Waals surface area contributed by atoms with Gasteiger partial charge in [-0.05, 0) is 12.8 Å². The first-order valence-corrected chi connectivity index (χ1v) is 6.95. The van der Waals surface area contributed by atoms with Crippen molar-refractivity contribution in [1.82, 2.24) is 14.7 Å². The monoisotopic (exact) mass is 263 g/mol. The van der Waals surface area contributed by atoms with Crippen LogP contribution >= 0.6 is 0 Å². The third kappa shape index (κ3) is 1.90. The number of carbonyl (C=O) groups excluding carboxylic acids is 1. The van der Waals surface area contributed by atoms with Gasteiger partial charge in [-0.25, -0.2) is 4.68 Å². The van der Waals surface area contributed by atoms with Crippen molar-refractivity contribution in [2.24, 2.45) is 0 Å². The first kappa shape index (κ1) is 11.3. The average molecular weight is 263 g/mol. The smallest absolute Gasteiger partial charge is 0.274 e. The van der Waals surface area contributed by atoms with Crippen LogP contribution in [-0.2, 0) is 11.3 Å². The summed E-state index contributed by atoms with van der Waals surface area (Å²) in [4.78, 5) is 14.4. The van der Waals surface area contributed by atoms with Crippen LogP contribution in [-0.4, -0.2) is 52.5 Å². The highest BCUT2D eigenvalue weighted by Gasteiger charge is 2.36. The Kier molecular flexibility index (Phi) is 2.51. The van der Waals surface area contributed by atoms with E-state index in [0.29, 0.717) is 31.3 Å². The van der Waals surface area contributed by atoms with E-state index in [1.807, 2.05) is 4.90 Å². The molecule has 0 spiro atoms. The van der Waals surface area contributed by atoms with E-state index in [2.05, 4.69) is 5.10 Å². The average Bonchev–Trinajstić information content (AvgIpc) is 3.01. The van der Waals surface area contributed by atoms with Crippen molar-refractivity contribution in [3.8, 4) is 5.88 Å². The Morgan fingerprint density at radius 3 is 2.84 bits per heavy atom. The maximum atomic E-state index is 12.5. The fourth-order valence-corrected chi connectivity index (χ4v) is 3.11. The summed E-state index contributed by atoms with van der Waals surface area (Å²) < 4.78 is 13.0. The molecule has 6 heteroatoms. The lowest BCUT2D eigenvalue weighted by atomic mass is 10.2. The second kappa shape index (κ2) is 4.23. The van der Waals surface area contributed by atoms with Gasteiger partial charge in [-0.3, -0.25) is 4.79 Å². The predicted molar refractivity (Wildman–Crippen MR) is 66.1 cm³/mol. The lowest BCUT2D eigenvalue weighted by Gasteiger charge is -2.31. The minimum Gasteiger partial charge on any atom is -0.478 e. The fraction of sp³-hybridized carbons (Fsp3) is 0.692. The van der Waals surface area contributed by atoms with E-state index in [9.17, 15) is 4.79 Å². The largest absolute Gasteiger partial charge is 0.478 e. The molecule has 102 valence electrons. The number of morpholine rings is 1. The van der Waals surface area contributed by atoms with Crippen LogP contribution in [0.2, 0.25) is 0 Å². The van der Waals surface area contributed by atoms with Crippen molar-refractivity contribution in [2.75, 3.05) is 19.7 Å². The van der Waals surface area contributed by atoms with Gasteiger partial charge >= 0.3 is 0 Å². The molecule has 0 N–H and O–H groups in total. The quantitative estimate of drug-likeness (QED) is 0.747. The molecule has 2 atom stereocenters. The Balaban J connectivity index is 1.55. The van der Waals surface area contributed by atoms with Crippen molar-refractivity contribution in [3.05, 3.63) is 11.8 Å². The van der Waals surface area contributed by atoms with E-state index in [1.54, 1.807) is 10.7 Å². The number of amides is 1. The second-order valence-electron chi connectivity index (χ2n) is 5.46. The number of hydrogen-bond donors (Lipinski definition) is 0. The van der Waals surface area contributed by atoms with Crippen molar-refractivity contribution in [1.29, 1.82) is 0 Å². The standard InChI is InChI=1S/C13H17N3O3/c17-13(15-7-9-2-3-10(8-15)19-9)11-6-12-16(14-11)4-1-5-18-12/h6,9-10H,1-5,7-8H2. The molecule has 3 aliphatic heterocycles. The summed E-state index contributed by atoms with van der Waals surface area (Å²) >= 11 is 0. The molecule has 2 fully saturated rings. The molecule has 2 unspecified atom stereocenters. The summed E-state index contributed by atoms with van der Waals surface area (Å²) in [5.41, 5.74) is 0.498. The van der Waals surface area contributed by atoms with Crippen LogP contribution < -0.4 is 4.74 Å². The van der Waals surface area contributed by atoms with E-state index in [1.165, 1.54) is 0 Å². The number of fused-ring (bicyclic) bond motifs is 3. The molecule has 0 aromatic carbocycles. The van der Waals surface area contributed by atoms with E-state index >= 15 is 0 Å². The number of aromatic nitrogens is 2. The molecule has 1 aromatic rings. The Hall–Kier alpha value is -1.56.